The molecule has 1 N–H and O–H groups in total. The van der Waals surface area contributed by atoms with E-state index >= 15 is 0 Å². The number of ether oxygens (including phenoxy) is 1. The largest absolute Gasteiger partial charge is 0.501 e. The minimum absolute atomic E-state index is 0.193. The highest BCUT2D eigenvalue weighted by Gasteiger charge is 2.48. The molecule has 0 aromatic rings. The average molecular weight is 267 g/mol. The van der Waals surface area contributed by atoms with E-state index in [0.29, 0.717) is 0 Å². The Kier molecular flexibility index (Phi) is 5.22. The average Bonchev–Trinajstić information content (AvgIpc) is 2.36. The van der Waals surface area contributed by atoms with Crippen molar-refractivity contribution in [1.29, 1.82) is 0 Å². The third kappa shape index (κ3) is 3.21. The highest BCUT2D eigenvalue weighted by Crippen LogP contribution is 2.47. The van der Waals surface area contributed by atoms with Crippen LogP contribution in [-0.4, -0.2) is 43.4 Å². The molecular formula is C16H29NO2. The third-order valence-corrected chi connectivity index (χ3v) is 4.53. The van der Waals surface area contributed by atoms with Gasteiger partial charge in [0, 0.05) is 18.4 Å². The third-order valence-electron chi connectivity index (χ3n) is 4.53. The lowest BCUT2D eigenvalue weighted by molar-refractivity contribution is -0.105. The molecule has 19 heavy (non-hydrogen) atoms. The van der Waals surface area contributed by atoms with E-state index in [4.69, 9.17) is 4.74 Å². The fourth-order valence-electron chi connectivity index (χ4n) is 3.30. The van der Waals surface area contributed by atoms with Crippen molar-refractivity contribution in [2.75, 3.05) is 27.7 Å². The predicted octanol–water partition coefficient (Wildman–Crippen LogP) is 2.82. The minimum atomic E-state index is -0.730. The lowest BCUT2D eigenvalue weighted by Crippen LogP contribution is -2.53. The molecule has 1 aliphatic rings. The van der Waals surface area contributed by atoms with Gasteiger partial charge in [-0.05, 0) is 32.5 Å². The molecule has 110 valence electrons. The van der Waals surface area contributed by atoms with Crippen LogP contribution >= 0.6 is 0 Å². The molecule has 0 bridgehead atoms. The fraction of sp³-hybridized carbons (Fsp3) is 0.750. The molecule has 0 aromatic carbocycles. The van der Waals surface area contributed by atoms with Gasteiger partial charge in [0.2, 0.25) is 0 Å². The topological polar surface area (TPSA) is 32.7 Å². The van der Waals surface area contributed by atoms with Gasteiger partial charge >= 0.3 is 0 Å². The predicted molar refractivity (Wildman–Crippen MR) is 79.9 cm³/mol. The van der Waals surface area contributed by atoms with Crippen molar-refractivity contribution in [2.24, 2.45) is 11.3 Å². The summed E-state index contributed by atoms with van der Waals surface area (Å²) in [5.41, 5.74) is -1.01. The SMILES string of the molecule is CC[C@@](O)([C@@H](C)CN(C)C)C1(C)C=CC=C(OC)C1. The number of aliphatic hydroxyl groups is 1. The first-order valence-corrected chi connectivity index (χ1v) is 7.08. The van der Waals surface area contributed by atoms with Gasteiger partial charge in [-0.2, -0.15) is 0 Å². The van der Waals surface area contributed by atoms with Crippen molar-refractivity contribution in [3.8, 4) is 0 Å². The van der Waals surface area contributed by atoms with Crippen molar-refractivity contribution in [3.63, 3.8) is 0 Å². The van der Waals surface area contributed by atoms with Crippen molar-refractivity contribution in [1.82, 2.24) is 4.90 Å². The maximum Gasteiger partial charge on any atom is 0.0965 e. The summed E-state index contributed by atoms with van der Waals surface area (Å²) in [5, 5.41) is 11.3. The maximum absolute atomic E-state index is 11.3. The zero-order valence-electron chi connectivity index (χ0n) is 13.2. The van der Waals surface area contributed by atoms with Crippen LogP contribution in [0.2, 0.25) is 0 Å². The number of hydrogen-bond donors (Lipinski definition) is 1. The van der Waals surface area contributed by atoms with Crippen LogP contribution in [0.15, 0.2) is 24.0 Å². The summed E-state index contributed by atoms with van der Waals surface area (Å²) in [4.78, 5) is 2.13. The monoisotopic (exact) mass is 267 g/mol. The van der Waals surface area contributed by atoms with Crippen molar-refractivity contribution in [3.05, 3.63) is 24.0 Å². The van der Waals surface area contributed by atoms with Gasteiger partial charge < -0.3 is 14.7 Å². The van der Waals surface area contributed by atoms with Crippen LogP contribution in [0.5, 0.6) is 0 Å². The number of methoxy groups -OCH3 is 1. The number of rotatable bonds is 6. The quantitative estimate of drug-likeness (QED) is 0.803. The van der Waals surface area contributed by atoms with Gasteiger partial charge in [-0.1, -0.05) is 32.9 Å². The molecule has 0 spiro atoms. The molecule has 0 amide bonds. The van der Waals surface area contributed by atoms with E-state index in [-0.39, 0.29) is 11.3 Å². The molecule has 0 heterocycles. The van der Waals surface area contributed by atoms with Crippen molar-refractivity contribution < 1.29 is 9.84 Å². The van der Waals surface area contributed by atoms with E-state index < -0.39 is 5.60 Å². The minimum Gasteiger partial charge on any atom is -0.501 e. The molecule has 0 saturated carbocycles. The summed E-state index contributed by atoms with van der Waals surface area (Å²) in [6, 6.07) is 0. The molecular weight excluding hydrogens is 238 g/mol. The van der Waals surface area contributed by atoms with Gasteiger partial charge in [0.15, 0.2) is 0 Å². The van der Waals surface area contributed by atoms with Crippen LogP contribution in [0.25, 0.3) is 0 Å². The summed E-state index contributed by atoms with van der Waals surface area (Å²) >= 11 is 0. The highest BCUT2D eigenvalue weighted by atomic mass is 16.5. The molecule has 0 radical (unpaired) electrons. The van der Waals surface area contributed by atoms with Gasteiger partial charge in [-0.25, -0.2) is 0 Å². The Balaban J connectivity index is 3.01. The van der Waals surface area contributed by atoms with Crippen LogP contribution < -0.4 is 0 Å². The zero-order valence-corrected chi connectivity index (χ0v) is 13.2. The first kappa shape index (κ1) is 16.3. The zero-order chi connectivity index (χ0) is 14.7. The Morgan fingerprint density at radius 2 is 2.16 bits per heavy atom. The Hall–Kier alpha value is -0.800. The Labute approximate surface area is 117 Å². The van der Waals surface area contributed by atoms with Crippen molar-refractivity contribution in [2.45, 2.75) is 39.2 Å². The van der Waals surface area contributed by atoms with Crippen LogP contribution in [0, 0.1) is 11.3 Å². The molecule has 0 saturated heterocycles. The first-order valence-electron chi connectivity index (χ1n) is 7.08. The standard InChI is InChI=1S/C16H29NO2/c1-7-16(18,13(2)12-17(4)5)15(3)10-8-9-14(11-15)19-6/h8-10,13,18H,7,11-12H2,1-6H3/t13-,15?,16+/m0/s1. The van der Waals surface area contributed by atoms with E-state index in [2.05, 4.69) is 31.7 Å². The van der Waals surface area contributed by atoms with E-state index in [1.165, 1.54) is 0 Å². The normalized spacial score (nSPS) is 27.9. The number of nitrogens with zero attached hydrogens (tertiary/aromatic N) is 1. The van der Waals surface area contributed by atoms with Gasteiger partial charge in [0.05, 0.1) is 18.5 Å². The highest BCUT2D eigenvalue weighted by molar-refractivity contribution is 5.24. The molecule has 1 unspecified atom stereocenters. The van der Waals surface area contributed by atoms with Crippen LogP contribution in [-0.2, 0) is 4.74 Å². The molecule has 0 aromatic heterocycles. The van der Waals surface area contributed by atoms with E-state index in [1.807, 2.05) is 26.2 Å². The maximum atomic E-state index is 11.3. The lowest BCUT2D eigenvalue weighted by atomic mass is 9.62. The Bertz CT molecular complexity index is 362. The van der Waals surface area contributed by atoms with Crippen LogP contribution in [0.1, 0.15) is 33.6 Å². The molecule has 0 aliphatic heterocycles. The summed E-state index contributed by atoms with van der Waals surface area (Å²) in [7, 11) is 5.79. The molecule has 3 nitrogen and oxygen atoms in total. The smallest absolute Gasteiger partial charge is 0.0965 e. The Morgan fingerprint density at radius 3 is 2.63 bits per heavy atom. The van der Waals surface area contributed by atoms with E-state index in [1.54, 1.807) is 7.11 Å². The molecule has 1 aliphatic carbocycles. The van der Waals surface area contributed by atoms with Gasteiger partial charge in [0.1, 0.15) is 0 Å². The van der Waals surface area contributed by atoms with Crippen molar-refractivity contribution >= 4 is 0 Å². The van der Waals surface area contributed by atoms with Crippen LogP contribution in [0.3, 0.4) is 0 Å². The number of hydrogen-bond acceptors (Lipinski definition) is 3. The van der Waals surface area contributed by atoms with Crippen LogP contribution in [0.4, 0.5) is 0 Å². The summed E-state index contributed by atoms with van der Waals surface area (Å²) in [6.45, 7) is 7.20. The second-order valence-corrected chi connectivity index (χ2v) is 6.23. The fourth-order valence-corrected chi connectivity index (χ4v) is 3.30. The van der Waals surface area contributed by atoms with E-state index in [9.17, 15) is 5.11 Å². The van der Waals surface area contributed by atoms with E-state index in [0.717, 1.165) is 25.1 Å². The second kappa shape index (κ2) is 6.10. The summed E-state index contributed by atoms with van der Waals surface area (Å²) < 4.78 is 5.38. The van der Waals surface area contributed by atoms with Gasteiger partial charge in [-0.3, -0.25) is 0 Å². The van der Waals surface area contributed by atoms with Gasteiger partial charge in [-0.15, -0.1) is 0 Å². The second-order valence-electron chi connectivity index (χ2n) is 6.23. The molecule has 1 rings (SSSR count). The van der Waals surface area contributed by atoms with Gasteiger partial charge in [0.25, 0.3) is 0 Å². The first-order chi connectivity index (χ1) is 8.79. The number of allylic oxidation sites excluding steroid dienone is 3. The lowest BCUT2D eigenvalue weighted by Gasteiger charge is -2.48. The molecule has 0 fully saturated rings. The molecule has 3 heteroatoms. The molecule has 3 atom stereocenters. The summed E-state index contributed by atoms with van der Waals surface area (Å²) in [6.07, 6.45) is 7.60. The summed E-state index contributed by atoms with van der Waals surface area (Å²) in [5.74, 6) is 1.13. The Morgan fingerprint density at radius 1 is 1.53 bits per heavy atom.